The zero-order valence-electron chi connectivity index (χ0n) is 15.2. The summed E-state index contributed by atoms with van der Waals surface area (Å²) in [5, 5.41) is 0.919. The van der Waals surface area contributed by atoms with Gasteiger partial charge >= 0.3 is 0 Å². The molecule has 3 rings (SSSR count). The second-order valence-corrected chi connectivity index (χ2v) is 7.74. The van der Waals surface area contributed by atoms with Crippen LogP contribution in [-0.4, -0.2) is 34.0 Å². The minimum Gasteiger partial charge on any atom is -0.368 e. The second kappa shape index (κ2) is 8.68. The third-order valence-electron chi connectivity index (χ3n) is 4.82. The van der Waals surface area contributed by atoms with Gasteiger partial charge in [-0.15, -0.1) is 0 Å². The first-order chi connectivity index (χ1) is 12.2. The zero-order chi connectivity index (χ0) is 17.6. The van der Waals surface area contributed by atoms with Crippen LogP contribution >= 0.6 is 11.8 Å². The van der Waals surface area contributed by atoms with Crippen LogP contribution in [0.4, 0.5) is 5.95 Å². The number of hydrogen-bond acceptors (Lipinski definition) is 5. The largest absolute Gasteiger partial charge is 0.368 e. The Labute approximate surface area is 155 Å². The fourth-order valence-electron chi connectivity index (χ4n) is 3.72. The Balaban J connectivity index is 1.82. The number of benzene rings is 1. The van der Waals surface area contributed by atoms with E-state index in [9.17, 15) is 0 Å². The molecule has 1 unspecified atom stereocenters. The summed E-state index contributed by atoms with van der Waals surface area (Å²) in [7, 11) is 0. The second-order valence-electron chi connectivity index (χ2n) is 6.68. The number of anilines is 1. The molecule has 2 aromatic rings. The molecule has 4 nitrogen and oxygen atoms in total. The molecule has 2 N–H and O–H groups in total. The summed E-state index contributed by atoms with van der Waals surface area (Å²) in [6, 6.07) is 9.26. The molecular formula is C20H28N4S. The molecule has 0 aliphatic heterocycles. The number of nitrogens with zero attached hydrogens (tertiary/aromatic N) is 3. The minimum absolute atomic E-state index is 0.338. The van der Waals surface area contributed by atoms with Crippen molar-refractivity contribution in [1.82, 2.24) is 14.9 Å². The van der Waals surface area contributed by atoms with Crippen LogP contribution in [0.2, 0.25) is 0 Å². The Kier molecular flexibility index (Phi) is 6.32. The first-order valence-corrected chi connectivity index (χ1v) is 10.1. The molecule has 134 valence electrons. The summed E-state index contributed by atoms with van der Waals surface area (Å²) in [5.74, 6) is 0.338. The Morgan fingerprint density at radius 2 is 2.00 bits per heavy atom. The maximum Gasteiger partial charge on any atom is 0.221 e. The molecule has 1 aliphatic carbocycles. The maximum atomic E-state index is 5.74. The van der Waals surface area contributed by atoms with E-state index in [1.54, 1.807) is 18.0 Å². The van der Waals surface area contributed by atoms with Crippen LogP contribution < -0.4 is 5.73 Å². The minimum atomic E-state index is 0.338. The van der Waals surface area contributed by atoms with Gasteiger partial charge in [-0.2, -0.15) is 0 Å². The van der Waals surface area contributed by atoms with Crippen molar-refractivity contribution in [2.75, 3.05) is 18.8 Å². The first-order valence-electron chi connectivity index (χ1n) is 9.32. The molecule has 0 saturated heterocycles. The van der Waals surface area contributed by atoms with Crippen molar-refractivity contribution >= 4 is 17.7 Å². The number of aryl methyl sites for hydroxylation is 1. The predicted octanol–water partition coefficient (Wildman–Crippen LogP) is 4.19. The molecule has 25 heavy (non-hydrogen) atoms. The maximum absolute atomic E-state index is 5.74. The van der Waals surface area contributed by atoms with Gasteiger partial charge < -0.3 is 10.6 Å². The van der Waals surface area contributed by atoms with Crippen LogP contribution in [0.1, 0.15) is 44.2 Å². The van der Waals surface area contributed by atoms with Crippen molar-refractivity contribution in [1.29, 1.82) is 0 Å². The predicted molar refractivity (Wildman–Crippen MR) is 105 cm³/mol. The van der Waals surface area contributed by atoms with Gasteiger partial charge in [-0.1, -0.05) is 37.7 Å². The highest BCUT2D eigenvalue weighted by Gasteiger charge is 2.25. The highest BCUT2D eigenvalue weighted by atomic mass is 32.2. The van der Waals surface area contributed by atoms with E-state index in [1.165, 1.54) is 54.8 Å². The summed E-state index contributed by atoms with van der Waals surface area (Å²) in [5.41, 5.74) is 8.73. The molecule has 0 fully saturated rings. The monoisotopic (exact) mass is 356 g/mol. The molecule has 5 heteroatoms. The smallest absolute Gasteiger partial charge is 0.221 e. The van der Waals surface area contributed by atoms with Gasteiger partial charge in [-0.05, 0) is 68.5 Å². The number of aromatic nitrogens is 2. The van der Waals surface area contributed by atoms with Crippen LogP contribution in [0.5, 0.6) is 0 Å². The van der Waals surface area contributed by atoms with Crippen LogP contribution in [0.15, 0.2) is 40.4 Å². The van der Waals surface area contributed by atoms with Gasteiger partial charge in [0, 0.05) is 17.1 Å². The Morgan fingerprint density at radius 3 is 2.72 bits per heavy atom. The molecule has 0 radical (unpaired) electrons. The van der Waals surface area contributed by atoms with Gasteiger partial charge in [0.15, 0.2) is 0 Å². The van der Waals surface area contributed by atoms with Crippen molar-refractivity contribution in [2.24, 2.45) is 0 Å². The van der Waals surface area contributed by atoms with E-state index < -0.39 is 0 Å². The lowest BCUT2D eigenvalue weighted by Crippen LogP contribution is -2.40. The average molecular weight is 357 g/mol. The van der Waals surface area contributed by atoms with Crippen LogP contribution in [0, 0.1) is 0 Å². The molecule has 0 amide bonds. The lowest BCUT2D eigenvalue weighted by molar-refractivity contribution is 0.179. The number of rotatable bonds is 7. The number of hydrogen-bond donors (Lipinski definition) is 1. The molecule has 1 aromatic heterocycles. The van der Waals surface area contributed by atoms with E-state index in [4.69, 9.17) is 5.73 Å². The molecule has 0 spiro atoms. The van der Waals surface area contributed by atoms with E-state index in [-0.39, 0.29) is 0 Å². The van der Waals surface area contributed by atoms with E-state index in [0.29, 0.717) is 12.0 Å². The van der Waals surface area contributed by atoms with Gasteiger partial charge in [0.1, 0.15) is 5.03 Å². The normalized spacial score (nSPS) is 16.8. The first kappa shape index (κ1) is 18.2. The summed E-state index contributed by atoms with van der Waals surface area (Å²) in [6.07, 6.45) is 7.75. The lowest BCUT2D eigenvalue weighted by atomic mass is 9.87. The van der Waals surface area contributed by atoms with E-state index in [1.807, 2.05) is 6.07 Å². The number of nitrogen functional groups attached to an aromatic ring is 1. The molecule has 1 aromatic carbocycles. The Bertz CT molecular complexity index is 698. The van der Waals surface area contributed by atoms with E-state index in [0.717, 1.165) is 11.4 Å². The average Bonchev–Trinajstić information content (AvgIpc) is 2.62. The lowest BCUT2D eigenvalue weighted by Gasteiger charge is -2.35. The van der Waals surface area contributed by atoms with Gasteiger partial charge in [0.25, 0.3) is 0 Å². The molecule has 1 aliphatic rings. The SMILES string of the molecule is CCCN(CCC)C1CCc2cccc(Sc3ccnc(N)n3)c2C1. The highest BCUT2D eigenvalue weighted by molar-refractivity contribution is 7.99. The number of nitrogens with two attached hydrogens (primary N) is 1. The molecule has 1 heterocycles. The zero-order valence-corrected chi connectivity index (χ0v) is 16.1. The molecule has 0 saturated carbocycles. The fourth-order valence-corrected chi connectivity index (χ4v) is 4.70. The van der Waals surface area contributed by atoms with Crippen LogP contribution in [-0.2, 0) is 12.8 Å². The van der Waals surface area contributed by atoms with Crippen molar-refractivity contribution in [3.05, 3.63) is 41.6 Å². The van der Waals surface area contributed by atoms with Gasteiger partial charge in [-0.3, -0.25) is 0 Å². The summed E-state index contributed by atoms with van der Waals surface area (Å²) in [4.78, 5) is 12.3. The summed E-state index contributed by atoms with van der Waals surface area (Å²) in [6.45, 7) is 6.96. The van der Waals surface area contributed by atoms with Crippen LogP contribution in [0.25, 0.3) is 0 Å². The van der Waals surface area contributed by atoms with E-state index >= 15 is 0 Å². The summed E-state index contributed by atoms with van der Waals surface area (Å²) >= 11 is 1.71. The third kappa shape index (κ3) is 4.53. The molecule has 1 atom stereocenters. The standard InChI is InChI=1S/C20H28N4S/c1-3-12-24(13-4-2)16-9-8-15-6-5-7-18(17(15)14-16)25-19-10-11-22-20(21)23-19/h5-7,10-11,16H,3-4,8-9,12-14H2,1-2H3,(H2,21,22,23). The van der Waals surface area contributed by atoms with Crippen molar-refractivity contribution < 1.29 is 0 Å². The van der Waals surface area contributed by atoms with Crippen molar-refractivity contribution in [3.63, 3.8) is 0 Å². The summed E-state index contributed by atoms with van der Waals surface area (Å²) < 4.78 is 0. The van der Waals surface area contributed by atoms with E-state index in [2.05, 4.69) is 46.9 Å². The Hall–Kier alpha value is -1.59. The third-order valence-corrected chi connectivity index (χ3v) is 5.86. The topological polar surface area (TPSA) is 55.0 Å². The van der Waals surface area contributed by atoms with Gasteiger partial charge in [0.05, 0.1) is 0 Å². The van der Waals surface area contributed by atoms with Crippen molar-refractivity contribution in [2.45, 2.75) is 61.9 Å². The highest BCUT2D eigenvalue weighted by Crippen LogP contribution is 2.35. The van der Waals surface area contributed by atoms with Gasteiger partial charge in [0.2, 0.25) is 5.95 Å². The van der Waals surface area contributed by atoms with Crippen LogP contribution in [0.3, 0.4) is 0 Å². The van der Waals surface area contributed by atoms with Gasteiger partial charge in [-0.25, -0.2) is 9.97 Å². The fraction of sp³-hybridized carbons (Fsp3) is 0.500. The molecular weight excluding hydrogens is 328 g/mol. The quantitative estimate of drug-likeness (QED) is 0.754. The molecule has 0 bridgehead atoms. The number of fused-ring (bicyclic) bond motifs is 1. The Morgan fingerprint density at radius 1 is 1.20 bits per heavy atom. The van der Waals surface area contributed by atoms with Crippen molar-refractivity contribution in [3.8, 4) is 0 Å².